The molecule has 0 unspecified atom stereocenters. The predicted octanol–water partition coefficient (Wildman–Crippen LogP) is 4.14. The molecule has 0 spiro atoms. The van der Waals surface area contributed by atoms with Gasteiger partial charge in [0, 0.05) is 0 Å². The summed E-state index contributed by atoms with van der Waals surface area (Å²) in [7, 11) is 1.59. The summed E-state index contributed by atoms with van der Waals surface area (Å²) in [5, 5.41) is 1.91. The van der Waals surface area contributed by atoms with Crippen molar-refractivity contribution in [2.24, 2.45) is 10.9 Å². The minimum atomic E-state index is -0.456. The zero-order valence-electron chi connectivity index (χ0n) is 14.3. The molecule has 2 heterocycles. The van der Waals surface area contributed by atoms with Crippen LogP contribution in [-0.2, 0) is 9.53 Å². The Morgan fingerprint density at radius 3 is 2.80 bits per heavy atom. The van der Waals surface area contributed by atoms with Gasteiger partial charge in [0.1, 0.15) is 0 Å². The lowest BCUT2D eigenvalue weighted by molar-refractivity contribution is -0.129. The molecule has 25 heavy (non-hydrogen) atoms. The van der Waals surface area contributed by atoms with E-state index < -0.39 is 5.97 Å². The Balaban J connectivity index is 1.84. The molecule has 6 heteroatoms. The summed E-state index contributed by atoms with van der Waals surface area (Å²) in [4.78, 5) is 17.1. The Morgan fingerprint density at radius 1 is 1.28 bits per heavy atom. The molecule has 0 bridgehead atoms. The van der Waals surface area contributed by atoms with Crippen LogP contribution in [0.5, 0.6) is 11.5 Å². The summed E-state index contributed by atoms with van der Waals surface area (Å²) in [5.74, 6) is 1.60. The number of ether oxygens (including phenoxy) is 3. The lowest BCUT2D eigenvalue weighted by Crippen LogP contribution is -2.05. The van der Waals surface area contributed by atoms with Gasteiger partial charge in [-0.05, 0) is 41.1 Å². The number of carbonyl (C=O) groups excluding carboxylic acids is 1. The fourth-order valence-electron chi connectivity index (χ4n) is 2.22. The number of cyclic esters (lactones) is 1. The van der Waals surface area contributed by atoms with Gasteiger partial charge in [-0.25, -0.2) is 9.79 Å². The molecule has 0 aliphatic carbocycles. The van der Waals surface area contributed by atoms with E-state index in [2.05, 4.69) is 18.8 Å². The zero-order valence-corrected chi connectivity index (χ0v) is 15.1. The number of esters is 1. The van der Waals surface area contributed by atoms with Crippen LogP contribution in [0.1, 0.15) is 24.3 Å². The highest BCUT2D eigenvalue weighted by atomic mass is 32.1. The van der Waals surface area contributed by atoms with Gasteiger partial charge in [-0.15, -0.1) is 11.3 Å². The number of aliphatic imine (C=N–C) groups is 1. The summed E-state index contributed by atoms with van der Waals surface area (Å²) >= 11 is 1.47. The Bertz CT molecular complexity index is 822. The maximum atomic E-state index is 12.0. The number of hydrogen-bond acceptors (Lipinski definition) is 6. The number of benzene rings is 1. The highest BCUT2D eigenvalue weighted by Gasteiger charge is 2.24. The van der Waals surface area contributed by atoms with E-state index in [0.29, 0.717) is 29.9 Å². The van der Waals surface area contributed by atoms with Crippen molar-refractivity contribution in [2.45, 2.75) is 13.8 Å². The molecule has 130 valence electrons. The lowest BCUT2D eigenvalue weighted by atomic mass is 10.1. The minimum Gasteiger partial charge on any atom is -0.493 e. The average molecular weight is 357 g/mol. The molecule has 3 rings (SSSR count). The first-order valence-corrected chi connectivity index (χ1v) is 8.82. The number of hydrogen-bond donors (Lipinski definition) is 0. The van der Waals surface area contributed by atoms with Gasteiger partial charge in [0.05, 0.1) is 18.6 Å². The van der Waals surface area contributed by atoms with Crippen LogP contribution in [0.2, 0.25) is 0 Å². The predicted molar refractivity (Wildman–Crippen MR) is 98.3 cm³/mol. The smallest absolute Gasteiger partial charge is 0.363 e. The summed E-state index contributed by atoms with van der Waals surface area (Å²) < 4.78 is 16.4. The van der Waals surface area contributed by atoms with E-state index in [-0.39, 0.29) is 5.70 Å². The van der Waals surface area contributed by atoms with E-state index in [0.717, 1.165) is 10.4 Å². The number of carbonyl (C=O) groups is 1. The maximum absolute atomic E-state index is 12.0. The molecule has 0 saturated heterocycles. The second-order valence-electron chi connectivity index (χ2n) is 5.93. The zero-order chi connectivity index (χ0) is 17.8. The van der Waals surface area contributed by atoms with E-state index >= 15 is 0 Å². The van der Waals surface area contributed by atoms with Crippen LogP contribution in [0.3, 0.4) is 0 Å². The molecule has 0 radical (unpaired) electrons. The van der Waals surface area contributed by atoms with E-state index in [1.54, 1.807) is 13.2 Å². The lowest BCUT2D eigenvalue weighted by Gasteiger charge is -2.12. The van der Waals surface area contributed by atoms with Crippen molar-refractivity contribution < 1.29 is 19.0 Å². The highest BCUT2D eigenvalue weighted by Crippen LogP contribution is 2.30. The van der Waals surface area contributed by atoms with E-state index in [1.165, 1.54) is 11.3 Å². The van der Waals surface area contributed by atoms with Crippen LogP contribution in [0.15, 0.2) is 46.4 Å². The fraction of sp³-hybridized carbons (Fsp3) is 0.263. The van der Waals surface area contributed by atoms with Gasteiger partial charge in [-0.1, -0.05) is 26.0 Å². The topological polar surface area (TPSA) is 57.1 Å². The van der Waals surface area contributed by atoms with Gasteiger partial charge in [0.2, 0.25) is 5.90 Å². The Morgan fingerprint density at radius 2 is 2.12 bits per heavy atom. The van der Waals surface area contributed by atoms with Crippen molar-refractivity contribution in [1.82, 2.24) is 0 Å². The van der Waals surface area contributed by atoms with Crippen LogP contribution in [0.25, 0.3) is 6.08 Å². The molecular weight excluding hydrogens is 338 g/mol. The van der Waals surface area contributed by atoms with E-state index in [9.17, 15) is 4.79 Å². The normalized spacial score (nSPS) is 15.4. The number of nitrogens with zero attached hydrogens (tertiary/aromatic N) is 1. The molecule has 0 saturated carbocycles. The van der Waals surface area contributed by atoms with Crippen molar-refractivity contribution in [3.63, 3.8) is 0 Å². The molecule has 0 amide bonds. The van der Waals surface area contributed by atoms with Gasteiger partial charge < -0.3 is 14.2 Å². The van der Waals surface area contributed by atoms with E-state index in [4.69, 9.17) is 14.2 Å². The molecule has 1 aromatic heterocycles. The third kappa shape index (κ3) is 4.09. The van der Waals surface area contributed by atoms with Gasteiger partial charge >= 0.3 is 5.97 Å². The van der Waals surface area contributed by atoms with Crippen molar-refractivity contribution in [3.05, 3.63) is 51.8 Å². The largest absolute Gasteiger partial charge is 0.493 e. The molecule has 1 aliphatic heterocycles. The second-order valence-corrected chi connectivity index (χ2v) is 6.88. The van der Waals surface area contributed by atoms with Crippen molar-refractivity contribution >= 4 is 29.3 Å². The minimum absolute atomic E-state index is 0.265. The van der Waals surface area contributed by atoms with Crippen molar-refractivity contribution in [3.8, 4) is 11.5 Å². The van der Waals surface area contributed by atoms with Crippen molar-refractivity contribution in [2.75, 3.05) is 13.7 Å². The van der Waals surface area contributed by atoms with Gasteiger partial charge in [0.15, 0.2) is 17.2 Å². The summed E-state index contributed by atoms with van der Waals surface area (Å²) in [6.45, 7) is 4.78. The third-order valence-corrected chi connectivity index (χ3v) is 4.27. The van der Waals surface area contributed by atoms with Crippen LogP contribution in [0, 0.1) is 5.92 Å². The van der Waals surface area contributed by atoms with Gasteiger partial charge in [-0.3, -0.25) is 0 Å². The SMILES string of the molecule is COc1cc(/C=C2\N=C(c3cccs3)OC2=O)ccc1OCC(C)C. The summed E-state index contributed by atoms with van der Waals surface area (Å²) in [6.07, 6.45) is 1.68. The molecule has 5 nitrogen and oxygen atoms in total. The van der Waals surface area contributed by atoms with Crippen LogP contribution >= 0.6 is 11.3 Å². The van der Waals surface area contributed by atoms with Crippen molar-refractivity contribution in [1.29, 1.82) is 0 Å². The van der Waals surface area contributed by atoms with E-state index in [1.807, 2.05) is 35.7 Å². The highest BCUT2D eigenvalue weighted by molar-refractivity contribution is 7.12. The first-order chi connectivity index (χ1) is 12.1. The molecular formula is C19H19NO4S. The molecule has 1 aromatic carbocycles. The number of rotatable bonds is 6. The van der Waals surface area contributed by atoms with Gasteiger partial charge in [-0.2, -0.15) is 0 Å². The molecule has 1 aliphatic rings. The standard InChI is InChI=1S/C19H19NO4S/c1-12(2)11-23-15-7-6-13(10-16(15)22-3)9-14-19(21)24-18(20-14)17-5-4-8-25-17/h4-10,12H,11H2,1-3H3/b14-9-. The average Bonchev–Trinajstić information content (AvgIpc) is 3.24. The van der Waals surface area contributed by atoms with Gasteiger partial charge in [0.25, 0.3) is 0 Å². The Hall–Kier alpha value is -2.60. The second kappa shape index (κ2) is 7.53. The maximum Gasteiger partial charge on any atom is 0.363 e. The number of methoxy groups -OCH3 is 1. The first-order valence-electron chi connectivity index (χ1n) is 7.94. The Labute approximate surface area is 150 Å². The van der Waals surface area contributed by atoms with Crippen LogP contribution in [0.4, 0.5) is 0 Å². The fourth-order valence-corrected chi connectivity index (χ4v) is 2.87. The summed E-state index contributed by atoms with van der Waals surface area (Å²) in [6, 6.07) is 9.26. The molecule has 0 N–H and O–H groups in total. The number of thiophene rings is 1. The molecule has 2 aromatic rings. The summed E-state index contributed by atoms with van der Waals surface area (Å²) in [5.41, 5.74) is 1.05. The first kappa shape index (κ1) is 17.2. The molecule has 0 fully saturated rings. The van der Waals surface area contributed by atoms with Crippen LogP contribution < -0.4 is 9.47 Å². The Kier molecular flexibility index (Phi) is 5.19. The quantitative estimate of drug-likeness (QED) is 0.576. The molecule has 0 atom stereocenters. The van der Waals surface area contributed by atoms with Crippen LogP contribution in [-0.4, -0.2) is 25.6 Å². The monoisotopic (exact) mass is 357 g/mol. The third-order valence-electron chi connectivity index (χ3n) is 3.42.